The third-order valence-corrected chi connectivity index (χ3v) is 2.43. The Hall–Kier alpha value is -2.10. The molecular weight excluding hydrogens is 218 g/mol. The van der Waals surface area contributed by atoms with E-state index in [4.69, 9.17) is 0 Å². The lowest BCUT2D eigenvalue weighted by Gasteiger charge is -2.24. The molecule has 0 aliphatic heterocycles. The summed E-state index contributed by atoms with van der Waals surface area (Å²) in [6.07, 6.45) is 1.35. The third-order valence-electron chi connectivity index (χ3n) is 2.43. The summed E-state index contributed by atoms with van der Waals surface area (Å²) in [7, 11) is 1.26. The summed E-state index contributed by atoms with van der Waals surface area (Å²) >= 11 is 0. The molecule has 1 aromatic carbocycles. The van der Waals surface area contributed by atoms with Gasteiger partial charge in [-0.15, -0.1) is 6.58 Å². The summed E-state index contributed by atoms with van der Waals surface area (Å²) in [5, 5.41) is 2.58. The maximum absolute atomic E-state index is 11.9. The molecule has 0 saturated heterocycles. The fourth-order valence-electron chi connectivity index (χ4n) is 1.29. The number of hydrogen-bond donors (Lipinski definition) is 1. The van der Waals surface area contributed by atoms with Gasteiger partial charge in [-0.05, 0) is 19.1 Å². The lowest BCUT2D eigenvalue weighted by Crippen LogP contribution is -2.51. The molecule has 0 fully saturated rings. The van der Waals surface area contributed by atoms with Crippen molar-refractivity contribution in [2.75, 3.05) is 7.11 Å². The number of carbonyl (C=O) groups excluding carboxylic acids is 2. The van der Waals surface area contributed by atoms with Crippen LogP contribution in [0.4, 0.5) is 0 Å². The first kappa shape index (κ1) is 13.0. The van der Waals surface area contributed by atoms with Gasteiger partial charge >= 0.3 is 5.97 Å². The number of hydrogen-bond acceptors (Lipinski definition) is 3. The topological polar surface area (TPSA) is 55.4 Å². The maximum Gasteiger partial charge on any atom is 0.335 e. The fourth-order valence-corrected chi connectivity index (χ4v) is 1.29. The van der Waals surface area contributed by atoms with Crippen molar-refractivity contribution in [3.63, 3.8) is 0 Å². The lowest BCUT2D eigenvalue weighted by molar-refractivity contribution is -0.145. The summed E-state index contributed by atoms with van der Waals surface area (Å²) in [6.45, 7) is 5.07. The number of methoxy groups -OCH3 is 1. The number of ether oxygens (including phenoxy) is 1. The Bertz CT molecular complexity index is 428. The van der Waals surface area contributed by atoms with Crippen LogP contribution in [0.2, 0.25) is 0 Å². The molecule has 0 aromatic heterocycles. The van der Waals surface area contributed by atoms with Crippen molar-refractivity contribution in [3.8, 4) is 0 Å². The summed E-state index contributed by atoms with van der Waals surface area (Å²) in [6, 6.07) is 8.63. The molecule has 0 saturated carbocycles. The summed E-state index contributed by atoms with van der Waals surface area (Å²) in [5.74, 6) is -0.907. The Kier molecular flexibility index (Phi) is 4.04. The van der Waals surface area contributed by atoms with Crippen molar-refractivity contribution in [2.45, 2.75) is 12.5 Å². The second-order valence-corrected chi connectivity index (χ2v) is 3.72. The average Bonchev–Trinajstić information content (AvgIpc) is 2.38. The van der Waals surface area contributed by atoms with Gasteiger partial charge in [0.25, 0.3) is 5.91 Å². The van der Waals surface area contributed by atoms with Gasteiger partial charge in [0.1, 0.15) is 0 Å². The second kappa shape index (κ2) is 5.30. The maximum atomic E-state index is 11.9. The lowest BCUT2D eigenvalue weighted by atomic mass is 10.0. The molecule has 1 N–H and O–H groups in total. The van der Waals surface area contributed by atoms with Crippen LogP contribution in [-0.2, 0) is 9.53 Å². The van der Waals surface area contributed by atoms with Gasteiger partial charge in [-0.3, -0.25) is 4.79 Å². The van der Waals surface area contributed by atoms with Gasteiger partial charge in [0.15, 0.2) is 5.54 Å². The van der Waals surface area contributed by atoms with Crippen LogP contribution in [0.1, 0.15) is 17.3 Å². The van der Waals surface area contributed by atoms with Crippen LogP contribution in [-0.4, -0.2) is 24.5 Å². The normalized spacial score (nSPS) is 13.3. The molecule has 0 spiro atoms. The first-order valence-corrected chi connectivity index (χ1v) is 5.13. The van der Waals surface area contributed by atoms with Crippen LogP contribution in [0.5, 0.6) is 0 Å². The molecule has 1 rings (SSSR count). The predicted octanol–water partition coefficient (Wildman–Crippen LogP) is 1.53. The fraction of sp³-hybridized carbons (Fsp3) is 0.231. The van der Waals surface area contributed by atoms with E-state index in [0.29, 0.717) is 5.56 Å². The molecule has 0 aliphatic rings. The number of nitrogens with one attached hydrogen (secondary N) is 1. The van der Waals surface area contributed by atoms with Gasteiger partial charge in [-0.2, -0.15) is 0 Å². The highest BCUT2D eigenvalue weighted by Gasteiger charge is 2.32. The van der Waals surface area contributed by atoms with Gasteiger partial charge < -0.3 is 10.1 Å². The number of amides is 1. The van der Waals surface area contributed by atoms with Crippen LogP contribution >= 0.6 is 0 Å². The van der Waals surface area contributed by atoms with Crippen molar-refractivity contribution in [3.05, 3.63) is 48.6 Å². The standard InChI is InChI=1S/C13H15NO3/c1-4-13(2,12(16)17-3)14-11(15)10-8-6-5-7-9-10/h4-9H,1H2,2-3H3,(H,14,15)/t13-/m0/s1. The Morgan fingerprint density at radius 3 is 2.41 bits per heavy atom. The van der Waals surface area contributed by atoms with E-state index in [2.05, 4.69) is 16.6 Å². The van der Waals surface area contributed by atoms with Gasteiger partial charge in [0.2, 0.25) is 0 Å². The summed E-state index contributed by atoms with van der Waals surface area (Å²) in [4.78, 5) is 23.4. The zero-order valence-corrected chi connectivity index (χ0v) is 9.90. The van der Waals surface area contributed by atoms with E-state index in [1.54, 1.807) is 24.3 Å². The zero-order chi connectivity index (χ0) is 12.9. The van der Waals surface area contributed by atoms with Crippen LogP contribution in [0.3, 0.4) is 0 Å². The average molecular weight is 233 g/mol. The predicted molar refractivity (Wildman–Crippen MR) is 64.5 cm³/mol. The molecule has 90 valence electrons. The highest BCUT2D eigenvalue weighted by Crippen LogP contribution is 2.09. The van der Waals surface area contributed by atoms with E-state index in [1.165, 1.54) is 20.1 Å². The second-order valence-electron chi connectivity index (χ2n) is 3.72. The van der Waals surface area contributed by atoms with E-state index >= 15 is 0 Å². The Morgan fingerprint density at radius 2 is 1.94 bits per heavy atom. The summed E-state index contributed by atoms with van der Waals surface area (Å²) in [5.41, 5.74) is -0.744. The number of esters is 1. The molecule has 1 aromatic rings. The van der Waals surface area contributed by atoms with E-state index in [-0.39, 0.29) is 5.91 Å². The highest BCUT2D eigenvalue weighted by atomic mass is 16.5. The molecule has 0 heterocycles. The molecule has 4 heteroatoms. The summed E-state index contributed by atoms with van der Waals surface area (Å²) < 4.78 is 4.62. The first-order chi connectivity index (χ1) is 8.03. The first-order valence-electron chi connectivity index (χ1n) is 5.13. The molecule has 0 unspecified atom stereocenters. The van der Waals surface area contributed by atoms with E-state index in [1.807, 2.05) is 6.07 Å². The Labute approximate surface area is 100 Å². The van der Waals surface area contributed by atoms with Crippen LogP contribution in [0.15, 0.2) is 43.0 Å². The Balaban J connectivity index is 2.87. The van der Waals surface area contributed by atoms with E-state index < -0.39 is 11.5 Å². The van der Waals surface area contributed by atoms with E-state index in [0.717, 1.165) is 0 Å². The van der Waals surface area contributed by atoms with Gasteiger partial charge in [0.05, 0.1) is 7.11 Å². The Morgan fingerprint density at radius 1 is 1.35 bits per heavy atom. The minimum absolute atomic E-state index is 0.349. The quantitative estimate of drug-likeness (QED) is 0.634. The molecule has 1 atom stereocenters. The molecule has 0 bridgehead atoms. The van der Waals surface area contributed by atoms with Crippen molar-refractivity contribution in [1.82, 2.24) is 5.32 Å². The number of carbonyl (C=O) groups is 2. The molecule has 0 radical (unpaired) electrons. The SMILES string of the molecule is C=C[C@](C)(NC(=O)c1ccccc1)C(=O)OC. The molecule has 0 aliphatic carbocycles. The van der Waals surface area contributed by atoms with Crippen molar-refractivity contribution in [2.24, 2.45) is 0 Å². The van der Waals surface area contributed by atoms with Crippen molar-refractivity contribution >= 4 is 11.9 Å². The van der Waals surface area contributed by atoms with Crippen LogP contribution in [0, 0.1) is 0 Å². The minimum atomic E-state index is -1.22. The van der Waals surface area contributed by atoms with Crippen molar-refractivity contribution in [1.29, 1.82) is 0 Å². The van der Waals surface area contributed by atoms with Crippen LogP contribution in [0.25, 0.3) is 0 Å². The number of benzene rings is 1. The van der Waals surface area contributed by atoms with Gasteiger partial charge in [-0.1, -0.05) is 24.3 Å². The smallest absolute Gasteiger partial charge is 0.335 e. The van der Waals surface area contributed by atoms with E-state index in [9.17, 15) is 9.59 Å². The molecule has 17 heavy (non-hydrogen) atoms. The third kappa shape index (κ3) is 2.93. The van der Waals surface area contributed by atoms with Crippen molar-refractivity contribution < 1.29 is 14.3 Å². The van der Waals surface area contributed by atoms with Crippen LogP contribution < -0.4 is 5.32 Å². The molecular formula is C13H15NO3. The number of rotatable bonds is 4. The minimum Gasteiger partial charge on any atom is -0.467 e. The largest absolute Gasteiger partial charge is 0.467 e. The molecule has 1 amide bonds. The van der Waals surface area contributed by atoms with Gasteiger partial charge in [-0.25, -0.2) is 4.79 Å². The zero-order valence-electron chi connectivity index (χ0n) is 9.90. The molecule has 4 nitrogen and oxygen atoms in total. The highest BCUT2D eigenvalue weighted by molar-refractivity contribution is 5.98. The van der Waals surface area contributed by atoms with Gasteiger partial charge in [0, 0.05) is 5.56 Å². The monoisotopic (exact) mass is 233 g/mol.